The standard InChI is InChI=1S/C16H26N4O/c17-14-16(5-3-12-21-13-6-16)20-10-8-19(9-11-20)15-4-1-2-7-18-15/h1-2,4,7H,3,5-6,8-14,17H2. The van der Waals surface area contributed by atoms with Gasteiger partial charge in [-0.05, 0) is 31.4 Å². The van der Waals surface area contributed by atoms with E-state index in [9.17, 15) is 0 Å². The van der Waals surface area contributed by atoms with Crippen LogP contribution in [0.4, 0.5) is 5.82 Å². The zero-order chi connectivity index (χ0) is 14.5. The Kier molecular flexibility index (Phi) is 4.73. The number of aromatic nitrogens is 1. The summed E-state index contributed by atoms with van der Waals surface area (Å²) < 4.78 is 5.63. The molecule has 1 aromatic rings. The van der Waals surface area contributed by atoms with Crippen LogP contribution < -0.4 is 10.6 Å². The number of hydrogen-bond donors (Lipinski definition) is 1. The quantitative estimate of drug-likeness (QED) is 0.903. The van der Waals surface area contributed by atoms with Crippen molar-refractivity contribution in [3.05, 3.63) is 24.4 Å². The highest BCUT2D eigenvalue weighted by Gasteiger charge is 2.37. The van der Waals surface area contributed by atoms with Crippen LogP contribution in [0.5, 0.6) is 0 Å². The molecule has 2 aliphatic heterocycles. The molecule has 1 aromatic heterocycles. The molecule has 1 unspecified atom stereocenters. The fourth-order valence-corrected chi connectivity index (χ4v) is 3.59. The molecule has 1 atom stereocenters. The zero-order valence-corrected chi connectivity index (χ0v) is 12.7. The van der Waals surface area contributed by atoms with E-state index in [1.165, 1.54) is 0 Å². The van der Waals surface area contributed by atoms with Crippen LogP contribution in [0.2, 0.25) is 0 Å². The van der Waals surface area contributed by atoms with Crippen LogP contribution in [0.1, 0.15) is 19.3 Å². The molecule has 3 heterocycles. The summed E-state index contributed by atoms with van der Waals surface area (Å²) in [6, 6.07) is 6.11. The van der Waals surface area contributed by atoms with Gasteiger partial charge in [0.1, 0.15) is 5.82 Å². The van der Waals surface area contributed by atoms with Gasteiger partial charge in [0.2, 0.25) is 0 Å². The summed E-state index contributed by atoms with van der Waals surface area (Å²) in [7, 11) is 0. The molecular formula is C16H26N4O. The SMILES string of the molecule is NCC1(N2CCN(c3ccccn3)CC2)CCCOCC1. The minimum atomic E-state index is 0.146. The van der Waals surface area contributed by atoms with E-state index in [4.69, 9.17) is 10.5 Å². The van der Waals surface area contributed by atoms with Crippen LogP contribution in [0.15, 0.2) is 24.4 Å². The van der Waals surface area contributed by atoms with E-state index in [0.29, 0.717) is 0 Å². The lowest BCUT2D eigenvalue weighted by Crippen LogP contribution is -2.60. The van der Waals surface area contributed by atoms with Gasteiger partial charge in [0.25, 0.3) is 0 Å². The first kappa shape index (κ1) is 14.8. The molecule has 5 nitrogen and oxygen atoms in total. The average Bonchev–Trinajstić information content (AvgIpc) is 2.82. The Balaban J connectivity index is 1.64. The molecular weight excluding hydrogens is 264 g/mol. The molecule has 0 aliphatic carbocycles. The molecule has 0 bridgehead atoms. The Hall–Kier alpha value is -1.17. The number of anilines is 1. The molecule has 0 spiro atoms. The summed E-state index contributed by atoms with van der Waals surface area (Å²) in [5.41, 5.74) is 6.31. The van der Waals surface area contributed by atoms with E-state index in [-0.39, 0.29) is 5.54 Å². The van der Waals surface area contributed by atoms with Gasteiger partial charge in [-0.3, -0.25) is 4.90 Å². The minimum absolute atomic E-state index is 0.146. The third kappa shape index (κ3) is 3.20. The Morgan fingerprint density at radius 2 is 2.00 bits per heavy atom. The molecule has 3 rings (SSSR count). The van der Waals surface area contributed by atoms with Crippen LogP contribution in [-0.4, -0.2) is 61.4 Å². The topological polar surface area (TPSA) is 54.6 Å². The van der Waals surface area contributed by atoms with Gasteiger partial charge in [-0.1, -0.05) is 6.07 Å². The Morgan fingerprint density at radius 3 is 2.71 bits per heavy atom. The van der Waals surface area contributed by atoms with Crippen molar-refractivity contribution >= 4 is 5.82 Å². The van der Waals surface area contributed by atoms with Crippen molar-refractivity contribution in [3.63, 3.8) is 0 Å². The molecule has 2 aliphatic rings. The third-order valence-corrected chi connectivity index (χ3v) is 4.95. The molecule has 5 heteroatoms. The maximum absolute atomic E-state index is 6.16. The maximum Gasteiger partial charge on any atom is 0.128 e. The molecule has 0 aromatic carbocycles. The van der Waals surface area contributed by atoms with Crippen molar-refractivity contribution < 1.29 is 4.74 Å². The van der Waals surface area contributed by atoms with E-state index in [1.807, 2.05) is 12.3 Å². The van der Waals surface area contributed by atoms with E-state index < -0.39 is 0 Å². The van der Waals surface area contributed by atoms with Crippen molar-refractivity contribution in [1.82, 2.24) is 9.88 Å². The summed E-state index contributed by atoms with van der Waals surface area (Å²) >= 11 is 0. The lowest BCUT2D eigenvalue weighted by atomic mass is 9.88. The number of hydrogen-bond acceptors (Lipinski definition) is 5. The summed E-state index contributed by atoms with van der Waals surface area (Å²) in [6.45, 7) is 6.65. The van der Waals surface area contributed by atoms with Gasteiger partial charge in [0.15, 0.2) is 0 Å². The van der Waals surface area contributed by atoms with Crippen LogP contribution >= 0.6 is 0 Å². The molecule has 2 saturated heterocycles. The summed E-state index contributed by atoms with van der Waals surface area (Å²) in [5, 5.41) is 0. The first-order chi connectivity index (χ1) is 10.3. The molecule has 116 valence electrons. The number of rotatable bonds is 3. The van der Waals surface area contributed by atoms with E-state index >= 15 is 0 Å². The number of ether oxygens (including phenoxy) is 1. The van der Waals surface area contributed by atoms with Gasteiger partial charge in [0, 0.05) is 57.7 Å². The van der Waals surface area contributed by atoms with Crippen molar-refractivity contribution in [1.29, 1.82) is 0 Å². The lowest BCUT2D eigenvalue weighted by Gasteiger charge is -2.47. The highest BCUT2D eigenvalue weighted by Crippen LogP contribution is 2.29. The highest BCUT2D eigenvalue weighted by atomic mass is 16.5. The second-order valence-corrected chi connectivity index (χ2v) is 6.06. The van der Waals surface area contributed by atoms with Gasteiger partial charge >= 0.3 is 0 Å². The van der Waals surface area contributed by atoms with E-state index in [0.717, 1.165) is 71.0 Å². The maximum atomic E-state index is 6.16. The Labute approximate surface area is 127 Å². The molecule has 21 heavy (non-hydrogen) atoms. The predicted octanol–water partition coefficient (Wildman–Crippen LogP) is 1.10. The number of piperazine rings is 1. The molecule has 0 radical (unpaired) electrons. The van der Waals surface area contributed by atoms with Crippen LogP contribution in [-0.2, 0) is 4.74 Å². The molecule has 2 N–H and O–H groups in total. The predicted molar refractivity (Wildman–Crippen MR) is 84.5 cm³/mol. The third-order valence-electron chi connectivity index (χ3n) is 4.95. The van der Waals surface area contributed by atoms with E-state index in [2.05, 4.69) is 26.9 Å². The normalized spacial score (nSPS) is 28.3. The van der Waals surface area contributed by atoms with Gasteiger partial charge in [-0.2, -0.15) is 0 Å². The largest absolute Gasteiger partial charge is 0.381 e. The molecule has 0 saturated carbocycles. The highest BCUT2D eigenvalue weighted by molar-refractivity contribution is 5.38. The number of pyridine rings is 1. The van der Waals surface area contributed by atoms with Gasteiger partial charge in [-0.25, -0.2) is 4.98 Å². The second-order valence-electron chi connectivity index (χ2n) is 6.06. The van der Waals surface area contributed by atoms with Crippen molar-refractivity contribution in [3.8, 4) is 0 Å². The molecule has 0 amide bonds. The first-order valence-corrected chi connectivity index (χ1v) is 8.03. The van der Waals surface area contributed by atoms with Crippen LogP contribution in [0.25, 0.3) is 0 Å². The number of nitrogens with zero attached hydrogens (tertiary/aromatic N) is 3. The monoisotopic (exact) mass is 290 g/mol. The van der Waals surface area contributed by atoms with Crippen molar-refractivity contribution in [2.45, 2.75) is 24.8 Å². The van der Waals surface area contributed by atoms with Gasteiger partial charge in [0.05, 0.1) is 0 Å². The summed E-state index contributed by atoms with van der Waals surface area (Å²) in [6.07, 6.45) is 5.21. The Morgan fingerprint density at radius 1 is 1.14 bits per heavy atom. The Bertz CT molecular complexity index is 423. The van der Waals surface area contributed by atoms with Gasteiger partial charge in [-0.15, -0.1) is 0 Å². The fraction of sp³-hybridized carbons (Fsp3) is 0.688. The second kappa shape index (κ2) is 6.73. The summed E-state index contributed by atoms with van der Waals surface area (Å²) in [4.78, 5) is 9.42. The fourth-order valence-electron chi connectivity index (χ4n) is 3.59. The average molecular weight is 290 g/mol. The van der Waals surface area contributed by atoms with Crippen LogP contribution in [0.3, 0.4) is 0 Å². The minimum Gasteiger partial charge on any atom is -0.381 e. The smallest absolute Gasteiger partial charge is 0.128 e. The lowest BCUT2D eigenvalue weighted by molar-refractivity contribution is 0.0618. The zero-order valence-electron chi connectivity index (χ0n) is 12.7. The first-order valence-electron chi connectivity index (χ1n) is 8.03. The van der Waals surface area contributed by atoms with Gasteiger partial charge < -0.3 is 15.4 Å². The van der Waals surface area contributed by atoms with Crippen molar-refractivity contribution in [2.75, 3.05) is 50.8 Å². The van der Waals surface area contributed by atoms with Crippen LogP contribution in [0, 0.1) is 0 Å². The van der Waals surface area contributed by atoms with E-state index in [1.54, 1.807) is 0 Å². The number of nitrogens with two attached hydrogens (primary N) is 1. The van der Waals surface area contributed by atoms with Crippen molar-refractivity contribution in [2.24, 2.45) is 5.73 Å². The molecule has 2 fully saturated rings. The summed E-state index contributed by atoms with van der Waals surface area (Å²) in [5.74, 6) is 1.09.